The first-order chi connectivity index (χ1) is 12.2. The molecule has 0 saturated carbocycles. The van der Waals surface area contributed by atoms with Crippen LogP contribution in [0, 0.1) is 5.82 Å². The topological polar surface area (TPSA) is 51.2 Å². The van der Waals surface area contributed by atoms with E-state index in [-0.39, 0.29) is 18.1 Å². The van der Waals surface area contributed by atoms with Crippen LogP contribution < -0.4 is 10.1 Å². The molecule has 0 bridgehead atoms. The predicted molar refractivity (Wildman–Crippen MR) is 92.7 cm³/mol. The third-order valence-corrected chi connectivity index (χ3v) is 3.51. The van der Waals surface area contributed by atoms with Crippen LogP contribution in [0.2, 0.25) is 0 Å². The molecule has 1 aromatic heterocycles. The molecule has 5 heteroatoms. The van der Waals surface area contributed by atoms with Crippen LogP contribution in [0.3, 0.4) is 0 Å². The Labute approximate surface area is 145 Å². The summed E-state index contributed by atoms with van der Waals surface area (Å²) < 4.78 is 18.8. The lowest BCUT2D eigenvalue weighted by molar-refractivity contribution is -0.120. The van der Waals surface area contributed by atoms with Crippen LogP contribution in [0.5, 0.6) is 11.6 Å². The molecule has 0 spiro atoms. The van der Waals surface area contributed by atoms with Crippen LogP contribution in [-0.4, -0.2) is 10.9 Å². The zero-order valence-electron chi connectivity index (χ0n) is 13.5. The standard InChI is InChI=1S/C20H17FN2O2/c21-17-6-4-5-15(11-17)12-19(24)23-14-16-9-10-22-20(13-16)25-18-7-2-1-3-8-18/h1-11,13H,12,14H2,(H,23,24). The van der Waals surface area contributed by atoms with Gasteiger partial charge in [0.25, 0.3) is 0 Å². The number of pyridine rings is 1. The second-order valence-electron chi connectivity index (χ2n) is 5.50. The molecule has 0 unspecified atom stereocenters. The molecule has 0 saturated heterocycles. The number of halogens is 1. The maximum Gasteiger partial charge on any atom is 0.224 e. The van der Waals surface area contributed by atoms with E-state index in [0.29, 0.717) is 23.7 Å². The molecule has 0 aliphatic heterocycles. The van der Waals surface area contributed by atoms with Crippen molar-refractivity contribution in [2.24, 2.45) is 0 Å². The summed E-state index contributed by atoms with van der Waals surface area (Å²) in [5, 5.41) is 2.81. The van der Waals surface area contributed by atoms with Crippen LogP contribution in [0.1, 0.15) is 11.1 Å². The Balaban J connectivity index is 1.56. The van der Waals surface area contributed by atoms with Gasteiger partial charge in [0, 0.05) is 18.8 Å². The van der Waals surface area contributed by atoms with Gasteiger partial charge in [0.15, 0.2) is 0 Å². The maximum absolute atomic E-state index is 13.1. The number of nitrogens with one attached hydrogen (secondary N) is 1. The highest BCUT2D eigenvalue weighted by Crippen LogP contribution is 2.19. The lowest BCUT2D eigenvalue weighted by Gasteiger charge is -2.08. The number of benzene rings is 2. The van der Waals surface area contributed by atoms with Gasteiger partial charge in [0.05, 0.1) is 6.42 Å². The number of para-hydroxylation sites is 1. The van der Waals surface area contributed by atoms with Gasteiger partial charge in [-0.3, -0.25) is 4.79 Å². The number of carbonyl (C=O) groups excluding carboxylic acids is 1. The van der Waals surface area contributed by atoms with Crippen LogP contribution in [-0.2, 0) is 17.8 Å². The fourth-order valence-corrected chi connectivity index (χ4v) is 2.32. The highest BCUT2D eigenvalue weighted by Gasteiger charge is 2.05. The Morgan fingerprint density at radius 2 is 1.84 bits per heavy atom. The van der Waals surface area contributed by atoms with Crippen molar-refractivity contribution in [2.45, 2.75) is 13.0 Å². The first kappa shape index (κ1) is 16.6. The number of nitrogens with zero attached hydrogens (tertiary/aromatic N) is 1. The van der Waals surface area contributed by atoms with Crippen molar-refractivity contribution in [2.75, 3.05) is 0 Å². The average molecular weight is 336 g/mol. The van der Waals surface area contributed by atoms with Crippen molar-refractivity contribution in [3.63, 3.8) is 0 Å². The molecule has 126 valence electrons. The smallest absolute Gasteiger partial charge is 0.224 e. The van der Waals surface area contributed by atoms with E-state index in [4.69, 9.17) is 4.74 Å². The lowest BCUT2D eigenvalue weighted by atomic mass is 10.1. The number of rotatable bonds is 6. The number of ether oxygens (including phenoxy) is 1. The van der Waals surface area contributed by atoms with Gasteiger partial charge in [-0.15, -0.1) is 0 Å². The molecular formula is C20H17FN2O2. The monoisotopic (exact) mass is 336 g/mol. The van der Waals surface area contributed by atoms with Gasteiger partial charge in [-0.05, 0) is 41.5 Å². The largest absolute Gasteiger partial charge is 0.439 e. The summed E-state index contributed by atoms with van der Waals surface area (Å²) in [6.07, 6.45) is 1.77. The molecule has 3 rings (SSSR count). The minimum absolute atomic E-state index is 0.135. The number of amides is 1. The van der Waals surface area contributed by atoms with Crippen molar-refractivity contribution < 1.29 is 13.9 Å². The molecule has 2 aromatic carbocycles. The van der Waals surface area contributed by atoms with E-state index in [1.165, 1.54) is 12.1 Å². The summed E-state index contributed by atoms with van der Waals surface area (Å²) in [7, 11) is 0. The summed E-state index contributed by atoms with van der Waals surface area (Å²) >= 11 is 0. The molecule has 0 fully saturated rings. The van der Waals surface area contributed by atoms with E-state index in [1.54, 1.807) is 30.5 Å². The SMILES string of the molecule is O=C(Cc1cccc(F)c1)NCc1ccnc(Oc2ccccc2)c1. The lowest BCUT2D eigenvalue weighted by Crippen LogP contribution is -2.24. The van der Waals surface area contributed by atoms with Crippen molar-refractivity contribution >= 4 is 5.91 Å². The molecule has 4 nitrogen and oxygen atoms in total. The second kappa shape index (κ2) is 8.06. The van der Waals surface area contributed by atoms with E-state index in [2.05, 4.69) is 10.3 Å². The highest BCUT2D eigenvalue weighted by molar-refractivity contribution is 5.78. The summed E-state index contributed by atoms with van der Waals surface area (Å²) in [5.41, 5.74) is 1.51. The van der Waals surface area contributed by atoms with E-state index in [9.17, 15) is 9.18 Å². The van der Waals surface area contributed by atoms with E-state index in [0.717, 1.165) is 5.56 Å². The molecule has 0 atom stereocenters. The summed E-state index contributed by atoms with van der Waals surface area (Å²) in [6, 6.07) is 19.0. The molecule has 1 amide bonds. The number of hydrogen-bond donors (Lipinski definition) is 1. The average Bonchev–Trinajstić information content (AvgIpc) is 2.61. The van der Waals surface area contributed by atoms with Gasteiger partial charge < -0.3 is 10.1 Å². The number of hydrogen-bond acceptors (Lipinski definition) is 3. The Morgan fingerprint density at radius 3 is 2.64 bits per heavy atom. The van der Waals surface area contributed by atoms with Crippen LogP contribution >= 0.6 is 0 Å². The van der Waals surface area contributed by atoms with E-state index in [1.807, 2.05) is 30.3 Å². The zero-order valence-corrected chi connectivity index (χ0v) is 13.5. The van der Waals surface area contributed by atoms with Gasteiger partial charge in [-0.25, -0.2) is 9.37 Å². The van der Waals surface area contributed by atoms with Crippen molar-refractivity contribution in [1.82, 2.24) is 10.3 Å². The third kappa shape index (κ3) is 5.14. The molecule has 25 heavy (non-hydrogen) atoms. The Morgan fingerprint density at radius 1 is 1.00 bits per heavy atom. The molecule has 0 aliphatic rings. The van der Waals surface area contributed by atoms with Crippen molar-refractivity contribution in [3.8, 4) is 11.6 Å². The van der Waals surface area contributed by atoms with Crippen LogP contribution in [0.15, 0.2) is 72.9 Å². The van der Waals surface area contributed by atoms with Gasteiger partial charge >= 0.3 is 0 Å². The zero-order chi connectivity index (χ0) is 17.5. The predicted octanol–water partition coefficient (Wildman–Crippen LogP) is 3.87. The molecule has 1 N–H and O–H groups in total. The van der Waals surface area contributed by atoms with Crippen LogP contribution in [0.4, 0.5) is 4.39 Å². The quantitative estimate of drug-likeness (QED) is 0.743. The summed E-state index contributed by atoms with van der Waals surface area (Å²) in [4.78, 5) is 16.2. The fourth-order valence-electron chi connectivity index (χ4n) is 2.32. The molecule has 0 radical (unpaired) electrons. The van der Waals surface area contributed by atoms with Gasteiger partial charge in [-0.1, -0.05) is 30.3 Å². The minimum Gasteiger partial charge on any atom is -0.439 e. The maximum atomic E-state index is 13.1. The second-order valence-corrected chi connectivity index (χ2v) is 5.50. The fraction of sp³-hybridized carbons (Fsp3) is 0.100. The molecular weight excluding hydrogens is 319 g/mol. The number of aromatic nitrogens is 1. The number of carbonyl (C=O) groups is 1. The Kier molecular flexibility index (Phi) is 5.36. The normalized spacial score (nSPS) is 10.3. The molecule has 1 heterocycles. The highest BCUT2D eigenvalue weighted by atomic mass is 19.1. The summed E-state index contributed by atoms with van der Waals surface area (Å²) in [5.74, 6) is 0.639. The third-order valence-electron chi connectivity index (χ3n) is 3.51. The van der Waals surface area contributed by atoms with Crippen molar-refractivity contribution in [3.05, 3.63) is 89.9 Å². The van der Waals surface area contributed by atoms with Gasteiger partial charge in [0.2, 0.25) is 11.8 Å². The Hall–Kier alpha value is -3.21. The van der Waals surface area contributed by atoms with Gasteiger partial charge in [0.1, 0.15) is 11.6 Å². The molecule has 0 aliphatic carbocycles. The van der Waals surface area contributed by atoms with Crippen molar-refractivity contribution in [1.29, 1.82) is 0 Å². The van der Waals surface area contributed by atoms with Gasteiger partial charge in [-0.2, -0.15) is 0 Å². The van der Waals surface area contributed by atoms with E-state index >= 15 is 0 Å². The molecule has 3 aromatic rings. The van der Waals surface area contributed by atoms with E-state index < -0.39 is 0 Å². The van der Waals surface area contributed by atoms with Crippen LogP contribution in [0.25, 0.3) is 0 Å². The first-order valence-electron chi connectivity index (χ1n) is 7.88. The minimum atomic E-state index is -0.345. The first-order valence-corrected chi connectivity index (χ1v) is 7.88. The summed E-state index contributed by atoms with van der Waals surface area (Å²) in [6.45, 7) is 0.349. The Bertz CT molecular complexity index is 853.